The molecule has 20 heavy (non-hydrogen) atoms. The molecular formula is C16H23N3O. The van der Waals surface area contributed by atoms with Crippen LogP contribution in [0, 0.1) is 6.92 Å². The number of furan rings is 1. The maximum absolute atomic E-state index is 6.22. The molecule has 1 fully saturated rings. The summed E-state index contributed by atoms with van der Waals surface area (Å²) in [5, 5.41) is 4.71. The van der Waals surface area contributed by atoms with E-state index in [1.165, 1.54) is 32.1 Å². The lowest BCUT2D eigenvalue weighted by Gasteiger charge is -2.21. The van der Waals surface area contributed by atoms with E-state index in [1.807, 2.05) is 13.0 Å². The van der Waals surface area contributed by atoms with Gasteiger partial charge in [0.05, 0.1) is 18.0 Å². The predicted molar refractivity (Wildman–Crippen MR) is 78.4 cm³/mol. The van der Waals surface area contributed by atoms with Crippen LogP contribution >= 0.6 is 0 Å². The van der Waals surface area contributed by atoms with Crippen molar-refractivity contribution in [2.45, 2.75) is 57.5 Å². The molecule has 0 saturated heterocycles. The maximum atomic E-state index is 6.22. The quantitative estimate of drug-likeness (QED) is 0.927. The molecule has 1 aliphatic carbocycles. The Balaban J connectivity index is 1.64. The van der Waals surface area contributed by atoms with Crippen molar-refractivity contribution in [3.05, 3.63) is 41.6 Å². The molecule has 0 spiro atoms. The van der Waals surface area contributed by atoms with Crippen molar-refractivity contribution in [1.82, 2.24) is 9.78 Å². The van der Waals surface area contributed by atoms with Crippen molar-refractivity contribution in [2.24, 2.45) is 5.73 Å². The Morgan fingerprint density at radius 3 is 2.90 bits per heavy atom. The smallest absolute Gasteiger partial charge is 0.101 e. The van der Waals surface area contributed by atoms with Gasteiger partial charge in [-0.2, -0.15) is 5.10 Å². The van der Waals surface area contributed by atoms with Gasteiger partial charge in [0.25, 0.3) is 0 Å². The molecule has 0 bridgehead atoms. The zero-order valence-corrected chi connectivity index (χ0v) is 12.1. The third-order valence-corrected chi connectivity index (χ3v) is 4.22. The van der Waals surface area contributed by atoms with E-state index in [1.54, 1.807) is 6.26 Å². The molecule has 2 heterocycles. The van der Waals surface area contributed by atoms with Crippen LogP contribution in [0.15, 0.2) is 29.0 Å². The molecule has 0 amide bonds. The Hall–Kier alpha value is -1.55. The summed E-state index contributed by atoms with van der Waals surface area (Å²) in [4.78, 5) is 0. The van der Waals surface area contributed by atoms with E-state index in [4.69, 9.17) is 15.2 Å². The molecule has 108 valence electrons. The van der Waals surface area contributed by atoms with E-state index in [-0.39, 0.29) is 6.04 Å². The summed E-state index contributed by atoms with van der Waals surface area (Å²) in [5.41, 5.74) is 8.34. The monoisotopic (exact) mass is 273 g/mol. The number of rotatable bonds is 4. The summed E-state index contributed by atoms with van der Waals surface area (Å²) in [6.45, 7) is 1.94. The molecule has 0 aliphatic heterocycles. The molecule has 0 radical (unpaired) electrons. The fraction of sp³-hybridized carbons (Fsp3) is 0.562. The van der Waals surface area contributed by atoms with Crippen molar-refractivity contribution in [2.75, 3.05) is 0 Å². The second-order valence-corrected chi connectivity index (χ2v) is 5.88. The second kappa shape index (κ2) is 5.83. The third-order valence-electron chi connectivity index (χ3n) is 4.22. The van der Waals surface area contributed by atoms with Crippen molar-refractivity contribution < 1.29 is 4.42 Å². The van der Waals surface area contributed by atoms with Crippen LogP contribution in [-0.2, 0) is 6.42 Å². The lowest BCUT2D eigenvalue weighted by Crippen LogP contribution is -2.15. The first-order chi connectivity index (χ1) is 9.72. The van der Waals surface area contributed by atoms with Crippen LogP contribution < -0.4 is 5.73 Å². The molecule has 3 rings (SSSR count). The Kier molecular flexibility index (Phi) is 3.92. The highest BCUT2D eigenvalue weighted by Gasteiger charge is 2.17. The lowest BCUT2D eigenvalue weighted by atomic mass is 9.96. The number of hydrogen-bond donors (Lipinski definition) is 1. The summed E-state index contributed by atoms with van der Waals surface area (Å²) in [6, 6.07) is 4.65. The van der Waals surface area contributed by atoms with Gasteiger partial charge in [-0.3, -0.25) is 4.68 Å². The first-order valence-electron chi connectivity index (χ1n) is 7.57. The zero-order chi connectivity index (χ0) is 13.9. The zero-order valence-electron chi connectivity index (χ0n) is 12.1. The Morgan fingerprint density at radius 1 is 1.40 bits per heavy atom. The third kappa shape index (κ3) is 2.96. The van der Waals surface area contributed by atoms with Crippen molar-refractivity contribution in [1.29, 1.82) is 0 Å². The molecule has 1 saturated carbocycles. The summed E-state index contributed by atoms with van der Waals surface area (Å²) in [6.07, 6.45) is 11.2. The standard InChI is InChI=1S/C16H23N3O/c1-12-9-13(11-20-12)16(17)10-14-7-8-19(18-14)15-5-3-2-4-6-15/h7-9,11,15-16H,2-6,10,17H2,1H3. The predicted octanol–water partition coefficient (Wildman–Crippen LogP) is 3.53. The van der Waals surface area contributed by atoms with Crippen LogP contribution in [0.25, 0.3) is 0 Å². The van der Waals surface area contributed by atoms with Gasteiger partial charge in [-0.1, -0.05) is 19.3 Å². The molecule has 2 aromatic rings. The first kappa shape index (κ1) is 13.4. The van der Waals surface area contributed by atoms with Crippen LogP contribution in [0.1, 0.15) is 61.2 Å². The van der Waals surface area contributed by atoms with Gasteiger partial charge < -0.3 is 10.2 Å². The van der Waals surface area contributed by atoms with Gasteiger partial charge in [-0.15, -0.1) is 0 Å². The van der Waals surface area contributed by atoms with Gasteiger partial charge >= 0.3 is 0 Å². The van der Waals surface area contributed by atoms with E-state index in [0.717, 1.165) is 23.4 Å². The minimum absolute atomic E-state index is 0.0397. The van der Waals surface area contributed by atoms with Gasteiger partial charge in [-0.25, -0.2) is 0 Å². The first-order valence-corrected chi connectivity index (χ1v) is 7.57. The van der Waals surface area contributed by atoms with E-state index < -0.39 is 0 Å². The van der Waals surface area contributed by atoms with E-state index >= 15 is 0 Å². The topological polar surface area (TPSA) is 57.0 Å². The highest BCUT2D eigenvalue weighted by molar-refractivity contribution is 5.18. The molecule has 1 unspecified atom stereocenters. The minimum Gasteiger partial charge on any atom is -0.469 e. The van der Waals surface area contributed by atoms with E-state index in [0.29, 0.717) is 6.04 Å². The molecule has 2 N–H and O–H groups in total. The molecule has 0 aromatic carbocycles. The Labute approximate surface area is 120 Å². The lowest BCUT2D eigenvalue weighted by molar-refractivity contribution is 0.328. The molecule has 4 heteroatoms. The largest absolute Gasteiger partial charge is 0.469 e. The molecule has 1 atom stereocenters. The van der Waals surface area contributed by atoms with Gasteiger partial charge in [0, 0.05) is 24.2 Å². The van der Waals surface area contributed by atoms with Gasteiger partial charge in [0.15, 0.2) is 0 Å². The normalized spacial score (nSPS) is 18.3. The van der Waals surface area contributed by atoms with E-state index in [2.05, 4.69) is 16.9 Å². The second-order valence-electron chi connectivity index (χ2n) is 5.88. The van der Waals surface area contributed by atoms with Crippen LogP contribution in [0.2, 0.25) is 0 Å². The molecule has 4 nitrogen and oxygen atoms in total. The summed E-state index contributed by atoms with van der Waals surface area (Å²) in [7, 11) is 0. The van der Waals surface area contributed by atoms with Gasteiger partial charge in [0.1, 0.15) is 5.76 Å². The van der Waals surface area contributed by atoms with Gasteiger partial charge in [0.2, 0.25) is 0 Å². The SMILES string of the molecule is Cc1cc(C(N)Cc2ccn(C3CCCCC3)n2)co1. The molecule has 1 aliphatic rings. The number of nitrogens with two attached hydrogens (primary N) is 1. The molecular weight excluding hydrogens is 250 g/mol. The van der Waals surface area contributed by atoms with E-state index in [9.17, 15) is 0 Å². The van der Waals surface area contributed by atoms with Crippen molar-refractivity contribution >= 4 is 0 Å². The minimum atomic E-state index is -0.0397. The Bertz CT molecular complexity index is 552. The fourth-order valence-corrected chi connectivity index (χ4v) is 3.04. The average Bonchev–Trinajstić information content (AvgIpc) is 3.09. The Morgan fingerprint density at radius 2 is 2.20 bits per heavy atom. The van der Waals surface area contributed by atoms with Crippen molar-refractivity contribution in [3.63, 3.8) is 0 Å². The van der Waals surface area contributed by atoms with Crippen LogP contribution in [0.3, 0.4) is 0 Å². The van der Waals surface area contributed by atoms with Crippen molar-refractivity contribution in [3.8, 4) is 0 Å². The molecule has 2 aromatic heterocycles. The van der Waals surface area contributed by atoms with Crippen LogP contribution in [-0.4, -0.2) is 9.78 Å². The summed E-state index contributed by atoms with van der Waals surface area (Å²) < 4.78 is 7.46. The summed E-state index contributed by atoms with van der Waals surface area (Å²) in [5.74, 6) is 0.906. The highest BCUT2D eigenvalue weighted by Crippen LogP contribution is 2.27. The number of aryl methyl sites for hydroxylation is 1. The summed E-state index contributed by atoms with van der Waals surface area (Å²) >= 11 is 0. The maximum Gasteiger partial charge on any atom is 0.101 e. The van der Waals surface area contributed by atoms with Crippen LogP contribution in [0.4, 0.5) is 0 Å². The van der Waals surface area contributed by atoms with Gasteiger partial charge in [-0.05, 0) is 31.9 Å². The number of nitrogens with zero attached hydrogens (tertiary/aromatic N) is 2. The number of hydrogen-bond acceptors (Lipinski definition) is 3. The fourth-order valence-electron chi connectivity index (χ4n) is 3.04. The average molecular weight is 273 g/mol. The van der Waals surface area contributed by atoms with Crippen LogP contribution in [0.5, 0.6) is 0 Å². The highest BCUT2D eigenvalue weighted by atomic mass is 16.3. The number of aromatic nitrogens is 2.